The van der Waals surface area contributed by atoms with Gasteiger partial charge in [-0.3, -0.25) is 9.78 Å². The van der Waals surface area contributed by atoms with Gasteiger partial charge in [0, 0.05) is 25.6 Å². The van der Waals surface area contributed by atoms with E-state index in [1.165, 1.54) is 0 Å². The summed E-state index contributed by atoms with van der Waals surface area (Å²) in [6.45, 7) is 3.81. The van der Waals surface area contributed by atoms with E-state index in [-0.39, 0.29) is 18.0 Å². The summed E-state index contributed by atoms with van der Waals surface area (Å²) >= 11 is 7.15. The van der Waals surface area contributed by atoms with Crippen molar-refractivity contribution in [3.05, 3.63) is 62.7 Å². The molecular formula is C20H15Br2NO2. The van der Waals surface area contributed by atoms with Gasteiger partial charge < -0.3 is 4.74 Å². The average molecular weight is 461 g/mol. The number of carbonyl (C=O) groups excluding carboxylic acids is 1. The second-order valence-electron chi connectivity index (χ2n) is 6.22. The van der Waals surface area contributed by atoms with Crippen molar-refractivity contribution in [2.45, 2.75) is 26.1 Å². The molecule has 2 aromatic carbocycles. The van der Waals surface area contributed by atoms with Gasteiger partial charge in [-0.1, -0.05) is 46.3 Å². The summed E-state index contributed by atoms with van der Waals surface area (Å²) in [7, 11) is 0. The summed E-state index contributed by atoms with van der Waals surface area (Å²) in [4.78, 5) is 17.8. The Bertz CT molecular complexity index is 1000. The number of Topliss-reactive ketones (excluding diaryl/α,β-unsaturated/α-hetero) is 1. The molecule has 5 heteroatoms. The van der Waals surface area contributed by atoms with Crippen molar-refractivity contribution in [2.75, 3.05) is 0 Å². The number of benzene rings is 2. The molecule has 1 saturated heterocycles. The number of epoxide rings is 1. The Morgan fingerprint density at radius 2 is 1.84 bits per heavy atom. The maximum absolute atomic E-state index is 13.1. The molecule has 1 fully saturated rings. The first-order chi connectivity index (χ1) is 12.0. The first-order valence-corrected chi connectivity index (χ1v) is 9.60. The molecule has 0 spiro atoms. The standard InChI is InChI=1S/C20H15Br2NO2/c1-10-16(19(24)20-11(2)25-20)17(12-6-4-3-5-7-12)14-8-13(21)9-15(22)18(14)23-10/h3-9,11,20H,1-2H3/t11-,20+/m0/s1. The third kappa shape index (κ3) is 2.94. The number of hydrogen-bond donors (Lipinski definition) is 0. The van der Waals surface area contributed by atoms with Crippen molar-refractivity contribution in [2.24, 2.45) is 0 Å². The molecule has 3 nitrogen and oxygen atoms in total. The Labute approximate surface area is 162 Å². The van der Waals surface area contributed by atoms with Gasteiger partial charge in [-0.05, 0) is 47.5 Å². The smallest absolute Gasteiger partial charge is 0.196 e. The maximum Gasteiger partial charge on any atom is 0.196 e. The SMILES string of the molecule is Cc1nc2c(Br)cc(Br)cc2c(-c2ccccc2)c1C(=O)[C@@H]1O[C@H]1C. The number of nitrogens with zero attached hydrogens (tertiary/aromatic N) is 1. The van der Waals surface area contributed by atoms with Crippen LogP contribution in [0.15, 0.2) is 51.4 Å². The molecule has 0 aliphatic carbocycles. The molecule has 2 atom stereocenters. The van der Waals surface area contributed by atoms with Gasteiger partial charge in [0.05, 0.1) is 17.2 Å². The number of rotatable bonds is 3. The monoisotopic (exact) mass is 459 g/mol. The van der Waals surface area contributed by atoms with E-state index in [0.717, 1.165) is 36.7 Å². The van der Waals surface area contributed by atoms with Crippen LogP contribution in [0.3, 0.4) is 0 Å². The van der Waals surface area contributed by atoms with Crippen LogP contribution in [0.5, 0.6) is 0 Å². The zero-order valence-electron chi connectivity index (χ0n) is 13.7. The molecule has 0 bridgehead atoms. The summed E-state index contributed by atoms with van der Waals surface area (Å²) in [5.41, 5.74) is 4.14. The summed E-state index contributed by atoms with van der Waals surface area (Å²) in [6, 6.07) is 14.0. The van der Waals surface area contributed by atoms with Crippen LogP contribution >= 0.6 is 31.9 Å². The molecule has 3 aromatic rings. The van der Waals surface area contributed by atoms with Gasteiger partial charge in [0.2, 0.25) is 0 Å². The summed E-state index contributed by atoms with van der Waals surface area (Å²) in [6.07, 6.45) is -0.392. The van der Waals surface area contributed by atoms with E-state index < -0.39 is 0 Å². The van der Waals surface area contributed by atoms with Crippen molar-refractivity contribution in [1.82, 2.24) is 4.98 Å². The number of halogens is 2. The highest BCUT2D eigenvalue weighted by Gasteiger charge is 2.43. The lowest BCUT2D eigenvalue weighted by Crippen LogP contribution is -2.14. The molecule has 4 rings (SSSR count). The van der Waals surface area contributed by atoms with Gasteiger partial charge >= 0.3 is 0 Å². The topological polar surface area (TPSA) is 42.5 Å². The number of hydrogen-bond acceptors (Lipinski definition) is 3. The van der Waals surface area contributed by atoms with Gasteiger partial charge in [-0.2, -0.15) is 0 Å². The van der Waals surface area contributed by atoms with Crippen LogP contribution in [-0.4, -0.2) is 23.0 Å². The zero-order chi connectivity index (χ0) is 17.7. The van der Waals surface area contributed by atoms with E-state index in [2.05, 4.69) is 31.9 Å². The quantitative estimate of drug-likeness (QED) is 0.371. The Hall–Kier alpha value is -1.56. The molecular weight excluding hydrogens is 446 g/mol. The predicted octanol–water partition coefficient (Wildman–Crippen LogP) is 5.71. The van der Waals surface area contributed by atoms with Crippen LogP contribution in [0, 0.1) is 6.92 Å². The van der Waals surface area contributed by atoms with Gasteiger partial charge in [-0.15, -0.1) is 0 Å². The van der Waals surface area contributed by atoms with Crippen LogP contribution in [0.2, 0.25) is 0 Å². The van der Waals surface area contributed by atoms with Crippen molar-refractivity contribution in [3.63, 3.8) is 0 Å². The molecule has 25 heavy (non-hydrogen) atoms. The minimum Gasteiger partial charge on any atom is -0.361 e. The summed E-state index contributed by atoms with van der Waals surface area (Å²) < 4.78 is 7.27. The number of pyridine rings is 1. The number of ether oxygens (including phenoxy) is 1. The van der Waals surface area contributed by atoms with Gasteiger partial charge in [0.25, 0.3) is 0 Å². The molecule has 126 valence electrons. The lowest BCUT2D eigenvalue weighted by molar-refractivity contribution is 0.0953. The Kier molecular flexibility index (Phi) is 4.26. The normalized spacial score (nSPS) is 19.2. The zero-order valence-corrected chi connectivity index (χ0v) is 16.9. The third-order valence-corrected chi connectivity index (χ3v) is 5.53. The molecule has 0 amide bonds. The van der Waals surface area contributed by atoms with E-state index in [1.807, 2.05) is 56.3 Å². The van der Waals surface area contributed by atoms with Crippen LogP contribution < -0.4 is 0 Å². The van der Waals surface area contributed by atoms with E-state index in [1.54, 1.807) is 0 Å². The maximum atomic E-state index is 13.1. The number of aromatic nitrogens is 1. The lowest BCUT2D eigenvalue weighted by atomic mass is 9.91. The second kappa shape index (κ2) is 6.31. The Morgan fingerprint density at radius 1 is 1.16 bits per heavy atom. The molecule has 0 N–H and O–H groups in total. The molecule has 1 aliphatic heterocycles. The highest BCUT2D eigenvalue weighted by molar-refractivity contribution is 9.11. The van der Waals surface area contributed by atoms with Gasteiger partial charge in [0.1, 0.15) is 6.10 Å². The first-order valence-electron chi connectivity index (χ1n) is 8.02. The van der Waals surface area contributed by atoms with E-state index in [0.29, 0.717) is 5.56 Å². The molecule has 0 radical (unpaired) electrons. The van der Waals surface area contributed by atoms with Crippen molar-refractivity contribution in [1.29, 1.82) is 0 Å². The fourth-order valence-electron chi connectivity index (χ4n) is 3.22. The molecule has 1 aliphatic rings. The van der Waals surface area contributed by atoms with Crippen LogP contribution in [0.4, 0.5) is 0 Å². The van der Waals surface area contributed by atoms with Crippen LogP contribution in [0.25, 0.3) is 22.0 Å². The number of fused-ring (bicyclic) bond motifs is 1. The molecule has 1 aromatic heterocycles. The average Bonchev–Trinajstić information content (AvgIpc) is 3.31. The van der Waals surface area contributed by atoms with Crippen molar-refractivity contribution >= 4 is 48.5 Å². The minimum atomic E-state index is -0.365. The second-order valence-corrected chi connectivity index (χ2v) is 7.99. The van der Waals surface area contributed by atoms with Gasteiger partial charge in [-0.25, -0.2) is 0 Å². The van der Waals surface area contributed by atoms with Crippen LogP contribution in [0.1, 0.15) is 23.0 Å². The largest absolute Gasteiger partial charge is 0.361 e. The third-order valence-electron chi connectivity index (χ3n) is 4.47. The fraction of sp³-hybridized carbons (Fsp3) is 0.200. The summed E-state index contributed by atoms with van der Waals surface area (Å²) in [5, 5.41) is 0.940. The summed E-state index contributed by atoms with van der Waals surface area (Å²) in [5.74, 6) is 0.00866. The number of aryl methyl sites for hydroxylation is 1. The van der Waals surface area contributed by atoms with Crippen molar-refractivity contribution < 1.29 is 9.53 Å². The first kappa shape index (κ1) is 16.9. The van der Waals surface area contributed by atoms with E-state index in [4.69, 9.17) is 9.72 Å². The number of ketones is 1. The highest BCUT2D eigenvalue weighted by atomic mass is 79.9. The number of carbonyl (C=O) groups is 1. The molecule has 0 unspecified atom stereocenters. The Morgan fingerprint density at radius 3 is 2.48 bits per heavy atom. The van der Waals surface area contributed by atoms with E-state index in [9.17, 15) is 4.79 Å². The predicted molar refractivity (Wildman–Crippen MR) is 106 cm³/mol. The minimum absolute atomic E-state index is 0.00866. The van der Waals surface area contributed by atoms with Gasteiger partial charge in [0.15, 0.2) is 5.78 Å². The lowest BCUT2D eigenvalue weighted by Gasteiger charge is -2.16. The molecule has 2 heterocycles. The molecule has 0 saturated carbocycles. The highest BCUT2D eigenvalue weighted by Crippen LogP contribution is 2.39. The van der Waals surface area contributed by atoms with Crippen molar-refractivity contribution in [3.8, 4) is 11.1 Å². The fourth-order valence-corrected chi connectivity index (χ4v) is 4.53. The van der Waals surface area contributed by atoms with E-state index >= 15 is 0 Å². The van der Waals surface area contributed by atoms with Crippen LogP contribution in [-0.2, 0) is 4.74 Å². The Balaban J connectivity index is 2.10.